The fourth-order valence-electron chi connectivity index (χ4n) is 1.88. The molecule has 1 atom stereocenters. The zero-order chi connectivity index (χ0) is 13.9. The van der Waals surface area contributed by atoms with Gasteiger partial charge in [-0.05, 0) is 18.6 Å². The van der Waals surface area contributed by atoms with E-state index in [4.69, 9.17) is 4.74 Å². The molecule has 19 heavy (non-hydrogen) atoms. The predicted octanol–water partition coefficient (Wildman–Crippen LogP) is 0.508. The highest BCUT2D eigenvalue weighted by molar-refractivity contribution is 7.91. The topological polar surface area (TPSA) is 72.5 Å². The lowest BCUT2D eigenvalue weighted by molar-refractivity contribution is -0.123. The van der Waals surface area contributed by atoms with Gasteiger partial charge in [0.2, 0.25) is 0 Å². The molecule has 0 aliphatic carbocycles. The lowest BCUT2D eigenvalue weighted by Gasteiger charge is -2.11. The van der Waals surface area contributed by atoms with Gasteiger partial charge in [0.05, 0.1) is 11.5 Å². The van der Waals surface area contributed by atoms with Crippen molar-refractivity contribution in [3.8, 4) is 5.75 Å². The minimum Gasteiger partial charge on any atom is -0.484 e. The summed E-state index contributed by atoms with van der Waals surface area (Å²) in [6.07, 6.45) is 0.425. The van der Waals surface area contributed by atoms with E-state index >= 15 is 0 Å². The number of hydrogen-bond acceptors (Lipinski definition) is 4. The number of amides is 1. The van der Waals surface area contributed by atoms with Crippen LogP contribution in [0.4, 0.5) is 4.39 Å². The first-order valence-corrected chi connectivity index (χ1v) is 7.65. The van der Waals surface area contributed by atoms with Gasteiger partial charge in [0.15, 0.2) is 16.4 Å². The number of ether oxygens (including phenoxy) is 1. The van der Waals surface area contributed by atoms with Gasteiger partial charge in [-0.3, -0.25) is 4.79 Å². The second-order valence-corrected chi connectivity index (χ2v) is 6.64. The van der Waals surface area contributed by atoms with Gasteiger partial charge in [0.25, 0.3) is 5.91 Å². The minimum atomic E-state index is -3.02. The molecule has 1 heterocycles. The molecule has 5 nitrogen and oxygen atoms in total. The van der Waals surface area contributed by atoms with E-state index < -0.39 is 21.6 Å². The fourth-order valence-corrected chi connectivity index (χ4v) is 3.56. The van der Waals surface area contributed by atoms with Crippen LogP contribution in [-0.2, 0) is 14.6 Å². The summed E-state index contributed by atoms with van der Waals surface area (Å²) in [6.45, 7) is -0.264. The average Bonchev–Trinajstić information content (AvgIpc) is 2.66. The summed E-state index contributed by atoms with van der Waals surface area (Å²) in [4.78, 5) is 11.5. The third kappa shape index (κ3) is 4.20. The van der Waals surface area contributed by atoms with Crippen LogP contribution in [0.15, 0.2) is 24.3 Å². The molecular weight excluding hydrogens is 273 g/mol. The predicted molar refractivity (Wildman–Crippen MR) is 67.1 cm³/mol. The van der Waals surface area contributed by atoms with Crippen LogP contribution in [0.2, 0.25) is 0 Å². The van der Waals surface area contributed by atoms with Crippen molar-refractivity contribution in [1.82, 2.24) is 5.32 Å². The Morgan fingerprint density at radius 2 is 2.26 bits per heavy atom. The Balaban J connectivity index is 1.79. The highest BCUT2D eigenvalue weighted by Gasteiger charge is 2.28. The van der Waals surface area contributed by atoms with E-state index in [2.05, 4.69) is 5.32 Å². The molecule has 0 radical (unpaired) electrons. The van der Waals surface area contributed by atoms with Crippen LogP contribution in [0.3, 0.4) is 0 Å². The molecule has 0 saturated carbocycles. The van der Waals surface area contributed by atoms with Gasteiger partial charge in [0.1, 0.15) is 11.6 Å². The normalized spacial score (nSPS) is 21.0. The third-order valence-electron chi connectivity index (χ3n) is 2.76. The Kier molecular flexibility index (Phi) is 4.04. The number of hydrogen-bond donors (Lipinski definition) is 1. The van der Waals surface area contributed by atoms with Crippen molar-refractivity contribution in [2.45, 2.75) is 12.5 Å². The Morgan fingerprint density at radius 1 is 1.47 bits per heavy atom. The van der Waals surface area contributed by atoms with Crippen LogP contribution >= 0.6 is 0 Å². The minimum absolute atomic E-state index is 0.0291. The average molecular weight is 287 g/mol. The maximum absolute atomic E-state index is 12.9. The van der Waals surface area contributed by atoms with Crippen molar-refractivity contribution < 1.29 is 22.3 Å². The molecule has 1 fully saturated rings. The number of nitrogens with one attached hydrogen (secondary N) is 1. The zero-order valence-corrected chi connectivity index (χ0v) is 11.0. The number of sulfone groups is 1. The molecule has 1 N–H and O–H groups in total. The van der Waals surface area contributed by atoms with Crippen LogP contribution in [0, 0.1) is 5.82 Å². The fraction of sp³-hybridized carbons (Fsp3) is 0.417. The molecule has 1 aliphatic rings. The number of halogens is 1. The maximum atomic E-state index is 12.9. The molecule has 1 aromatic rings. The van der Waals surface area contributed by atoms with E-state index in [0.29, 0.717) is 6.42 Å². The summed E-state index contributed by atoms with van der Waals surface area (Å²) in [7, 11) is -3.02. The van der Waals surface area contributed by atoms with Crippen LogP contribution in [-0.4, -0.2) is 38.5 Å². The van der Waals surface area contributed by atoms with Crippen molar-refractivity contribution in [3.63, 3.8) is 0 Å². The van der Waals surface area contributed by atoms with Gasteiger partial charge in [0, 0.05) is 12.1 Å². The Bertz CT molecular complexity index is 573. The molecule has 1 aromatic carbocycles. The molecule has 1 aliphatic heterocycles. The van der Waals surface area contributed by atoms with Gasteiger partial charge < -0.3 is 10.1 Å². The summed E-state index contributed by atoms with van der Waals surface area (Å²) >= 11 is 0. The van der Waals surface area contributed by atoms with Crippen molar-refractivity contribution >= 4 is 15.7 Å². The van der Waals surface area contributed by atoms with Gasteiger partial charge in [-0.2, -0.15) is 0 Å². The number of rotatable bonds is 4. The summed E-state index contributed by atoms with van der Waals surface area (Å²) < 4.78 is 40.4. The largest absolute Gasteiger partial charge is 0.484 e. The summed E-state index contributed by atoms with van der Waals surface area (Å²) in [5, 5.41) is 2.58. The Morgan fingerprint density at radius 3 is 2.89 bits per heavy atom. The molecule has 0 bridgehead atoms. The lowest BCUT2D eigenvalue weighted by Crippen LogP contribution is -2.38. The molecule has 0 spiro atoms. The molecule has 2 rings (SSSR count). The summed E-state index contributed by atoms with van der Waals surface area (Å²) in [5.41, 5.74) is 0. The molecule has 1 saturated heterocycles. The number of carbonyl (C=O) groups is 1. The first-order chi connectivity index (χ1) is 8.94. The van der Waals surface area contributed by atoms with Crippen molar-refractivity contribution in [2.24, 2.45) is 0 Å². The summed E-state index contributed by atoms with van der Waals surface area (Å²) in [5.74, 6) is -0.526. The van der Waals surface area contributed by atoms with E-state index in [9.17, 15) is 17.6 Å². The molecule has 0 unspecified atom stereocenters. The van der Waals surface area contributed by atoms with Crippen LogP contribution in [0.5, 0.6) is 5.75 Å². The Hall–Kier alpha value is -1.63. The van der Waals surface area contributed by atoms with Crippen LogP contribution in [0.25, 0.3) is 0 Å². The number of carbonyl (C=O) groups excluding carboxylic acids is 1. The first-order valence-electron chi connectivity index (χ1n) is 5.83. The van der Waals surface area contributed by atoms with Crippen LogP contribution < -0.4 is 10.1 Å². The maximum Gasteiger partial charge on any atom is 0.258 e. The van der Waals surface area contributed by atoms with Crippen molar-refractivity contribution in [3.05, 3.63) is 30.1 Å². The smallest absolute Gasteiger partial charge is 0.258 e. The zero-order valence-electron chi connectivity index (χ0n) is 10.1. The van der Waals surface area contributed by atoms with Gasteiger partial charge in [-0.25, -0.2) is 12.8 Å². The SMILES string of the molecule is O=C(COc1cccc(F)c1)N[C@H]1CCS(=O)(=O)C1. The lowest BCUT2D eigenvalue weighted by atomic mass is 10.2. The van der Waals surface area contributed by atoms with Gasteiger partial charge >= 0.3 is 0 Å². The van der Waals surface area contributed by atoms with E-state index in [1.807, 2.05) is 0 Å². The van der Waals surface area contributed by atoms with E-state index in [1.54, 1.807) is 0 Å². The first kappa shape index (κ1) is 13.8. The number of benzene rings is 1. The quantitative estimate of drug-likeness (QED) is 0.875. The highest BCUT2D eigenvalue weighted by Crippen LogP contribution is 2.13. The van der Waals surface area contributed by atoms with Crippen molar-refractivity contribution in [1.29, 1.82) is 0 Å². The standard InChI is InChI=1S/C12H14FNO4S/c13-9-2-1-3-11(6-9)18-7-12(15)14-10-4-5-19(16,17)8-10/h1-3,6,10H,4-5,7-8H2,(H,14,15)/t10-/m0/s1. The highest BCUT2D eigenvalue weighted by atomic mass is 32.2. The molecule has 0 aromatic heterocycles. The molecular formula is C12H14FNO4S. The molecule has 104 valence electrons. The van der Waals surface area contributed by atoms with E-state index in [1.165, 1.54) is 24.3 Å². The monoisotopic (exact) mass is 287 g/mol. The third-order valence-corrected chi connectivity index (χ3v) is 4.53. The molecule has 1 amide bonds. The Labute approximate surface area is 110 Å². The second kappa shape index (κ2) is 5.56. The summed E-state index contributed by atoms with van der Waals surface area (Å²) in [6, 6.07) is 5.11. The van der Waals surface area contributed by atoms with Crippen molar-refractivity contribution in [2.75, 3.05) is 18.1 Å². The van der Waals surface area contributed by atoms with Gasteiger partial charge in [-0.15, -0.1) is 0 Å². The van der Waals surface area contributed by atoms with E-state index in [-0.39, 0.29) is 29.9 Å². The second-order valence-electron chi connectivity index (χ2n) is 4.41. The van der Waals surface area contributed by atoms with Crippen LogP contribution in [0.1, 0.15) is 6.42 Å². The van der Waals surface area contributed by atoms with Gasteiger partial charge in [-0.1, -0.05) is 6.07 Å². The molecule has 7 heteroatoms. The van der Waals surface area contributed by atoms with E-state index in [0.717, 1.165) is 0 Å².